The van der Waals surface area contributed by atoms with Crippen molar-refractivity contribution in [2.24, 2.45) is 0 Å². The number of carboxylic acid groups (broad SMARTS) is 1. The molecule has 0 radical (unpaired) electrons. The summed E-state index contributed by atoms with van der Waals surface area (Å²) in [7, 11) is 0. The summed E-state index contributed by atoms with van der Waals surface area (Å²) in [5, 5.41) is 11.2. The van der Waals surface area contributed by atoms with E-state index in [-0.39, 0.29) is 18.7 Å². The lowest BCUT2D eigenvalue weighted by atomic mass is 10.1. The van der Waals surface area contributed by atoms with Gasteiger partial charge in [-0.1, -0.05) is 0 Å². The number of β-lactam (4-membered cyclic amide) rings is 1. The fourth-order valence-electron chi connectivity index (χ4n) is 1.69. The van der Waals surface area contributed by atoms with Crippen molar-refractivity contribution in [1.82, 2.24) is 10.2 Å². The molecule has 1 atom stereocenters. The van der Waals surface area contributed by atoms with E-state index in [0.29, 0.717) is 13.0 Å². The highest BCUT2D eigenvalue weighted by molar-refractivity contribution is 5.99. The molecule has 1 fully saturated rings. The Morgan fingerprint density at radius 3 is 2.38 bits per heavy atom. The van der Waals surface area contributed by atoms with Gasteiger partial charge in [0.2, 0.25) is 11.8 Å². The van der Waals surface area contributed by atoms with Gasteiger partial charge in [-0.15, -0.1) is 0 Å². The van der Waals surface area contributed by atoms with Gasteiger partial charge in [0.25, 0.3) is 0 Å². The van der Waals surface area contributed by atoms with Gasteiger partial charge >= 0.3 is 12.1 Å². The van der Waals surface area contributed by atoms with E-state index in [1.807, 2.05) is 0 Å². The summed E-state index contributed by atoms with van der Waals surface area (Å²) >= 11 is 0. The summed E-state index contributed by atoms with van der Waals surface area (Å²) in [5.41, 5.74) is -0.743. The first kappa shape index (κ1) is 16.9. The summed E-state index contributed by atoms with van der Waals surface area (Å²) in [6.07, 6.45) is -0.748. The Balaban J connectivity index is 2.46. The molecular formula is C13H20N2O6. The van der Waals surface area contributed by atoms with Crippen molar-refractivity contribution in [2.75, 3.05) is 6.54 Å². The van der Waals surface area contributed by atoms with Crippen molar-refractivity contribution in [1.29, 1.82) is 0 Å². The maximum atomic E-state index is 11.6. The standard InChI is InChI=1S/C13H20N2O6/c1-13(2,3)21-12(20)14-8(11(18)19)4-5-9(16)15-7-6-10(15)17/h8H,4-7H2,1-3H3,(H,14,20)(H,18,19)/t8-/m0/s1. The number of rotatable bonds is 5. The van der Waals surface area contributed by atoms with Crippen molar-refractivity contribution in [3.8, 4) is 0 Å². The minimum atomic E-state index is -1.26. The van der Waals surface area contributed by atoms with Crippen LogP contribution in [0.2, 0.25) is 0 Å². The van der Waals surface area contributed by atoms with Crippen molar-refractivity contribution >= 4 is 23.9 Å². The molecule has 0 saturated carbocycles. The Morgan fingerprint density at radius 1 is 1.38 bits per heavy atom. The number of alkyl carbamates (subject to hydrolysis) is 1. The molecule has 1 aliphatic rings. The first-order valence-electron chi connectivity index (χ1n) is 6.65. The Kier molecular flexibility index (Phi) is 5.28. The maximum Gasteiger partial charge on any atom is 0.408 e. The number of carboxylic acids is 1. The van der Waals surface area contributed by atoms with Crippen LogP contribution in [-0.4, -0.2) is 52.1 Å². The van der Waals surface area contributed by atoms with Gasteiger partial charge in [0.05, 0.1) is 0 Å². The first-order valence-corrected chi connectivity index (χ1v) is 6.65. The van der Waals surface area contributed by atoms with E-state index in [1.54, 1.807) is 20.8 Å². The number of carbonyl (C=O) groups is 4. The number of nitrogens with zero attached hydrogens (tertiary/aromatic N) is 1. The number of hydrogen-bond acceptors (Lipinski definition) is 5. The van der Waals surface area contributed by atoms with Crippen LogP contribution in [-0.2, 0) is 19.1 Å². The predicted molar refractivity (Wildman–Crippen MR) is 71.4 cm³/mol. The van der Waals surface area contributed by atoms with Crippen LogP contribution in [0.25, 0.3) is 0 Å². The lowest BCUT2D eigenvalue weighted by Gasteiger charge is -2.29. The normalized spacial score (nSPS) is 16.0. The van der Waals surface area contributed by atoms with E-state index in [0.717, 1.165) is 4.90 Å². The molecule has 118 valence electrons. The number of likely N-dealkylation sites (tertiary alicyclic amines) is 1. The molecular weight excluding hydrogens is 280 g/mol. The monoisotopic (exact) mass is 300 g/mol. The molecule has 21 heavy (non-hydrogen) atoms. The van der Waals surface area contributed by atoms with Gasteiger partial charge in [-0.25, -0.2) is 9.59 Å². The van der Waals surface area contributed by atoms with Gasteiger partial charge in [-0.05, 0) is 27.2 Å². The van der Waals surface area contributed by atoms with Crippen LogP contribution in [0.5, 0.6) is 0 Å². The maximum absolute atomic E-state index is 11.6. The topological polar surface area (TPSA) is 113 Å². The van der Waals surface area contributed by atoms with Gasteiger partial charge in [-0.2, -0.15) is 0 Å². The lowest BCUT2D eigenvalue weighted by Crippen LogP contribution is -2.48. The molecule has 2 N–H and O–H groups in total. The zero-order valence-corrected chi connectivity index (χ0v) is 12.3. The number of amides is 3. The average Bonchev–Trinajstić information content (AvgIpc) is 2.29. The molecule has 0 aromatic rings. The van der Waals surface area contributed by atoms with Crippen LogP contribution in [0.4, 0.5) is 4.79 Å². The largest absolute Gasteiger partial charge is 0.480 e. The van der Waals surface area contributed by atoms with Gasteiger partial charge in [0, 0.05) is 19.4 Å². The highest BCUT2D eigenvalue weighted by atomic mass is 16.6. The third-order valence-corrected chi connectivity index (χ3v) is 2.79. The molecule has 1 heterocycles. The molecule has 8 heteroatoms. The first-order chi connectivity index (χ1) is 9.60. The second kappa shape index (κ2) is 6.55. The van der Waals surface area contributed by atoms with Crippen LogP contribution in [0, 0.1) is 0 Å². The van der Waals surface area contributed by atoms with E-state index in [9.17, 15) is 19.2 Å². The molecule has 0 aromatic carbocycles. The number of nitrogens with one attached hydrogen (secondary N) is 1. The van der Waals surface area contributed by atoms with Gasteiger partial charge in [0.1, 0.15) is 11.6 Å². The Bertz CT molecular complexity index is 454. The molecule has 1 aliphatic heterocycles. The third-order valence-electron chi connectivity index (χ3n) is 2.79. The number of aliphatic carboxylic acids is 1. The van der Waals surface area contributed by atoms with E-state index in [4.69, 9.17) is 9.84 Å². The summed E-state index contributed by atoms with van der Waals surface area (Å²) in [4.78, 5) is 46.4. The van der Waals surface area contributed by atoms with Crippen LogP contribution < -0.4 is 5.32 Å². The number of imide groups is 1. The van der Waals surface area contributed by atoms with Crippen molar-refractivity contribution < 1.29 is 29.0 Å². The zero-order chi connectivity index (χ0) is 16.2. The fourth-order valence-corrected chi connectivity index (χ4v) is 1.69. The van der Waals surface area contributed by atoms with Crippen molar-refractivity contribution in [3.63, 3.8) is 0 Å². The van der Waals surface area contributed by atoms with E-state index >= 15 is 0 Å². The summed E-state index contributed by atoms with van der Waals surface area (Å²) < 4.78 is 4.96. The van der Waals surface area contributed by atoms with E-state index in [1.165, 1.54) is 0 Å². The van der Waals surface area contributed by atoms with Crippen LogP contribution in [0.3, 0.4) is 0 Å². The van der Waals surface area contributed by atoms with E-state index < -0.39 is 29.6 Å². The molecule has 3 amide bonds. The highest BCUT2D eigenvalue weighted by Gasteiger charge is 2.31. The zero-order valence-electron chi connectivity index (χ0n) is 12.3. The summed E-state index contributed by atoms with van der Waals surface area (Å²) in [6, 6.07) is -1.24. The molecule has 8 nitrogen and oxygen atoms in total. The highest BCUT2D eigenvalue weighted by Crippen LogP contribution is 2.13. The Morgan fingerprint density at radius 2 is 2.00 bits per heavy atom. The van der Waals surface area contributed by atoms with Crippen molar-refractivity contribution in [2.45, 2.75) is 51.7 Å². The average molecular weight is 300 g/mol. The quantitative estimate of drug-likeness (QED) is 0.715. The summed E-state index contributed by atoms with van der Waals surface area (Å²) in [5.74, 6) is -1.95. The fraction of sp³-hybridized carbons (Fsp3) is 0.692. The van der Waals surface area contributed by atoms with Crippen LogP contribution in [0.1, 0.15) is 40.0 Å². The minimum absolute atomic E-state index is 0.100. The van der Waals surface area contributed by atoms with Gasteiger partial charge < -0.3 is 15.2 Å². The smallest absolute Gasteiger partial charge is 0.408 e. The number of hydrogen-bond donors (Lipinski definition) is 2. The molecule has 0 aromatic heterocycles. The molecule has 1 rings (SSSR count). The second-order valence-corrected chi connectivity index (χ2v) is 5.76. The predicted octanol–water partition coefficient (Wildman–Crippen LogP) is 0.503. The van der Waals surface area contributed by atoms with Gasteiger partial charge in [-0.3, -0.25) is 14.5 Å². The van der Waals surface area contributed by atoms with Crippen LogP contribution >= 0.6 is 0 Å². The second-order valence-electron chi connectivity index (χ2n) is 5.76. The minimum Gasteiger partial charge on any atom is -0.480 e. The van der Waals surface area contributed by atoms with Crippen molar-refractivity contribution in [3.05, 3.63) is 0 Å². The molecule has 0 spiro atoms. The third kappa shape index (κ3) is 5.41. The summed E-state index contributed by atoms with van der Waals surface area (Å²) in [6.45, 7) is 5.33. The molecule has 0 bridgehead atoms. The Hall–Kier alpha value is -2.12. The number of ether oxygens (including phenoxy) is 1. The molecule has 0 aliphatic carbocycles. The lowest BCUT2D eigenvalue weighted by molar-refractivity contribution is -0.152. The molecule has 0 unspecified atom stereocenters. The van der Waals surface area contributed by atoms with E-state index in [2.05, 4.69) is 5.32 Å². The Labute approximate surface area is 122 Å². The van der Waals surface area contributed by atoms with Crippen LogP contribution in [0.15, 0.2) is 0 Å². The SMILES string of the molecule is CC(C)(C)OC(=O)N[C@@H](CCC(=O)N1CCC1=O)C(=O)O. The molecule has 1 saturated heterocycles. The van der Waals surface area contributed by atoms with Gasteiger partial charge in [0.15, 0.2) is 0 Å². The number of carbonyl (C=O) groups excluding carboxylic acids is 3.